The summed E-state index contributed by atoms with van der Waals surface area (Å²) in [6.45, 7) is 1.62. The van der Waals surface area contributed by atoms with Crippen molar-refractivity contribution in [3.63, 3.8) is 0 Å². The van der Waals surface area contributed by atoms with Gasteiger partial charge >= 0.3 is 5.97 Å². The Bertz CT molecular complexity index is 807. The van der Waals surface area contributed by atoms with Crippen LogP contribution in [0.25, 0.3) is 11.3 Å². The lowest BCUT2D eigenvalue weighted by molar-refractivity contribution is -0.136. The third-order valence-corrected chi connectivity index (χ3v) is 4.75. The molecular formula is C20H23N3O4. The van der Waals surface area contributed by atoms with Crippen LogP contribution in [0.1, 0.15) is 28.9 Å². The standard InChI is InChI=1S/C20H23N3O4/c1-27-13-19(24)23-7-3-4-14(12-23)8-17-10-22-18(11-21-17)15-5-2-6-16(9-15)20(25)26/h2,5-6,9-11,14H,3-4,7-8,12-13H2,1H3,(H,25,26)/t14-/m0/s1. The maximum atomic E-state index is 12.0. The van der Waals surface area contributed by atoms with E-state index in [1.54, 1.807) is 30.6 Å². The SMILES string of the molecule is COCC(=O)N1CCC[C@@H](Cc2cnc(-c3cccc(C(=O)O)c3)cn2)C1. The Labute approximate surface area is 158 Å². The molecule has 0 spiro atoms. The lowest BCUT2D eigenvalue weighted by atomic mass is 9.93. The molecule has 7 heteroatoms. The monoisotopic (exact) mass is 369 g/mol. The molecule has 1 N–H and O–H groups in total. The molecule has 142 valence electrons. The van der Waals surface area contributed by atoms with E-state index >= 15 is 0 Å². The number of hydrogen-bond donors (Lipinski definition) is 1. The predicted molar refractivity (Wildman–Crippen MR) is 99.3 cm³/mol. The molecule has 1 fully saturated rings. The zero-order chi connectivity index (χ0) is 19.2. The van der Waals surface area contributed by atoms with Crippen LogP contribution >= 0.6 is 0 Å². The molecule has 0 unspecified atom stereocenters. The summed E-state index contributed by atoms with van der Waals surface area (Å²) in [5.41, 5.74) is 2.46. The van der Waals surface area contributed by atoms with E-state index < -0.39 is 5.97 Å². The Morgan fingerprint density at radius 2 is 2.15 bits per heavy atom. The van der Waals surface area contributed by atoms with Crippen molar-refractivity contribution in [1.29, 1.82) is 0 Å². The van der Waals surface area contributed by atoms with Crippen molar-refractivity contribution in [2.24, 2.45) is 5.92 Å². The van der Waals surface area contributed by atoms with Gasteiger partial charge in [-0.3, -0.25) is 14.8 Å². The molecular weight excluding hydrogens is 346 g/mol. The summed E-state index contributed by atoms with van der Waals surface area (Å²) in [5.74, 6) is -0.580. The number of carbonyl (C=O) groups is 2. The maximum Gasteiger partial charge on any atom is 0.335 e. The van der Waals surface area contributed by atoms with Gasteiger partial charge in [0.1, 0.15) is 6.61 Å². The fourth-order valence-corrected chi connectivity index (χ4v) is 3.39. The number of carboxylic acid groups (broad SMARTS) is 1. The Morgan fingerprint density at radius 1 is 1.30 bits per heavy atom. The van der Waals surface area contributed by atoms with E-state index in [1.807, 2.05) is 11.0 Å². The summed E-state index contributed by atoms with van der Waals surface area (Å²) in [5, 5.41) is 9.10. The Hall–Kier alpha value is -2.80. The number of aromatic carboxylic acids is 1. The number of nitrogens with zero attached hydrogens (tertiary/aromatic N) is 3. The molecule has 0 saturated carbocycles. The first kappa shape index (κ1) is 19.0. The van der Waals surface area contributed by atoms with Crippen molar-refractivity contribution in [3.05, 3.63) is 47.9 Å². The third kappa shape index (κ3) is 4.89. The molecule has 27 heavy (non-hydrogen) atoms. The fraction of sp³-hybridized carbons (Fsp3) is 0.400. The normalized spacial score (nSPS) is 16.9. The van der Waals surface area contributed by atoms with Crippen LogP contribution in [0.5, 0.6) is 0 Å². The van der Waals surface area contributed by atoms with Gasteiger partial charge in [-0.25, -0.2) is 4.79 Å². The topological polar surface area (TPSA) is 92.6 Å². The van der Waals surface area contributed by atoms with Crippen molar-refractivity contribution in [2.45, 2.75) is 19.3 Å². The number of carboxylic acids is 1. The maximum absolute atomic E-state index is 12.0. The summed E-state index contributed by atoms with van der Waals surface area (Å²) in [6.07, 6.45) is 6.21. The van der Waals surface area contributed by atoms with E-state index in [0.29, 0.717) is 18.2 Å². The molecule has 0 radical (unpaired) electrons. The molecule has 0 bridgehead atoms. The molecule has 3 rings (SSSR count). The van der Waals surface area contributed by atoms with Crippen LogP contribution in [0.15, 0.2) is 36.7 Å². The third-order valence-electron chi connectivity index (χ3n) is 4.75. The van der Waals surface area contributed by atoms with E-state index in [-0.39, 0.29) is 18.1 Å². The second-order valence-electron chi connectivity index (χ2n) is 6.76. The highest BCUT2D eigenvalue weighted by Gasteiger charge is 2.24. The molecule has 7 nitrogen and oxygen atoms in total. The van der Waals surface area contributed by atoms with Gasteiger partial charge in [-0.1, -0.05) is 12.1 Å². The van der Waals surface area contributed by atoms with Gasteiger partial charge in [0.05, 0.1) is 23.1 Å². The molecule has 1 aliphatic heterocycles. The number of aromatic nitrogens is 2. The molecule has 1 saturated heterocycles. The molecule has 1 aromatic carbocycles. The summed E-state index contributed by atoms with van der Waals surface area (Å²) in [6, 6.07) is 6.65. The van der Waals surface area contributed by atoms with Crippen LogP contribution in [0, 0.1) is 5.92 Å². The van der Waals surface area contributed by atoms with Crippen molar-refractivity contribution in [3.8, 4) is 11.3 Å². The van der Waals surface area contributed by atoms with Gasteiger partial charge in [-0.15, -0.1) is 0 Å². The van der Waals surface area contributed by atoms with E-state index in [1.165, 1.54) is 7.11 Å². The van der Waals surface area contributed by atoms with Crippen LogP contribution in [-0.4, -0.2) is 58.7 Å². The van der Waals surface area contributed by atoms with Crippen molar-refractivity contribution in [2.75, 3.05) is 26.8 Å². The van der Waals surface area contributed by atoms with Crippen molar-refractivity contribution in [1.82, 2.24) is 14.9 Å². The van der Waals surface area contributed by atoms with Gasteiger partial charge < -0.3 is 14.7 Å². The Balaban J connectivity index is 1.65. The van der Waals surface area contributed by atoms with Gasteiger partial charge in [0.15, 0.2) is 0 Å². The quantitative estimate of drug-likeness (QED) is 0.840. The van der Waals surface area contributed by atoms with Crippen molar-refractivity contribution >= 4 is 11.9 Å². The van der Waals surface area contributed by atoms with Crippen LogP contribution in [0.3, 0.4) is 0 Å². The van der Waals surface area contributed by atoms with Gasteiger partial charge in [0.25, 0.3) is 0 Å². The first-order valence-corrected chi connectivity index (χ1v) is 8.98. The van der Waals surface area contributed by atoms with E-state index in [2.05, 4.69) is 9.97 Å². The number of hydrogen-bond acceptors (Lipinski definition) is 5. The Kier molecular flexibility index (Phi) is 6.13. The molecule has 1 aromatic heterocycles. The fourth-order valence-electron chi connectivity index (χ4n) is 3.39. The highest BCUT2D eigenvalue weighted by atomic mass is 16.5. The second-order valence-corrected chi connectivity index (χ2v) is 6.76. The van der Waals surface area contributed by atoms with E-state index in [9.17, 15) is 9.59 Å². The number of amides is 1. The zero-order valence-electron chi connectivity index (χ0n) is 15.3. The highest BCUT2D eigenvalue weighted by molar-refractivity contribution is 5.89. The van der Waals surface area contributed by atoms with Crippen LogP contribution in [0.4, 0.5) is 0 Å². The number of carbonyl (C=O) groups excluding carboxylic acids is 1. The number of ether oxygens (including phenoxy) is 1. The van der Waals surface area contributed by atoms with Gasteiger partial charge in [-0.2, -0.15) is 0 Å². The smallest absolute Gasteiger partial charge is 0.335 e. The molecule has 1 aliphatic rings. The number of benzene rings is 1. The minimum absolute atomic E-state index is 0.0296. The largest absolute Gasteiger partial charge is 0.478 e. The average molecular weight is 369 g/mol. The van der Waals surface area contributed by atoms with E-state index in [0.717, 1.165) is 37.1 Å². The highest BCUT2D eigenvalue weighted by Crippen LogP contribution is 2.22. The first-order chi connectivity index (χ1) is 13.1. The zero-order valence-corrected chi connectivity index (χ0v) is 15.3. The Morgan fingerprint density at radius 3 is 2.85 bits per heavy atom. The second kappa shape index (κ2) is 8.73. The van der Waals surface area contributed by atoms with Crippen molar-refractivity contribution < 1.29 is 19.4 Å². The summed E-state index contributed by atoms with van der Waals surface area (Å²) in [7, 11) is 1.53. The van der Waals surface area contributed by atoms with Gasteiger partial charge in [0, 0.05) is 32.0 Å². The minimum atomic E-state index is -0.966. The molecule has 2 aromatic rings. The lowest BCUT2D eigenvalue weighted by Crippen LogP contribution is -2.42. The van der Waals surface area contributed by atoms with Crippen LogP contribution in [-0.2, 0) is 16.0 Å². The molecule has 2 heterocycles. The van der Waals surface area contributed by atoms with Gasteiger partial charge in [-0.05, 0) is 37.3 Å². The average Bonchev–Trinajstić information content (AvgIpc) is 2.69. The van der Waals surface area contributed by atoms with Crippen LogP contribution < -0.4 is 0 Å². The lowest BCUT2D eigenvalue weighted by Gasteiger charge is -2.32. The number of methoxy groups -OCH3 is 1. The number of likely N-dealkylation sites (tertiary alicyclic amines) is 1. The molecule has 1 amide bonds. The molecule has 1 atom stereocenters. The summed E-state index contributed by atoms with van der Waals surface area (Å²) < 4.78 is 4.94. The minimum Gasteiger partial charge on any atom is -0.478 e. The first-order valence-electron chi connectivity index (χ1n) is 8.98. The summed E-state index contributed by atoms with van der Waals surface area (Å²) >= 11 is 0. The summed E-state index contributed by atoms with van der Waals surface area (Å²) in [4.78, 5) is 33.9. The number of piperidine rings is 1. The molecule has 0 aliphatic carbocycles. The van der Waals surface area contributed by atoms with Gasteiger partial charge in [0.2, 0.25) is 5.91 Å². The number of rotatable bonds is 6. The predicted octanol–water partition coefficient (Wildman–Crippen LogP) is 2.27. The van der Waals surface area contributed by atoms with Crippen LogP contribution in [0.2, 0.25) is 0 Å². The van der Waals surface area contributed by atoms with E-state index in [4.69, 9.17) is 9.84 Å².